The number of carbonyl (C=O) groups is 3. The summed E-state index contributed by atoms with van der Waals surface area (Å²) in [4.78, 5) is 37.0. The fraction of sp³-hybridized carbons (Fsp3) is 0.500. The van der Waals surface area contributed by atoms with Crippen molar-refractivity contribution in [3.63, 3.8) is 0 Å². The van der Waals surface area contributed by atoms with E-state index in [9.17, 15) is 50.1 Å². The number of aliphatic hydroxyl groups is 6. The fourth-order valence-electron chi connectivity index (χ4n) is 4.97. The van der Waals surface area contributed by atoms with Gasteiger partial charge in [-0.15, -0.1) is 0 Å². The minimum atomic E-state index is -1.70. The summed E-state index contributed by atoms with van der Waals surface area (Å²) >= 11 is 0. The summed E-state index contributed by atoms with van der Waals surface area (Å²) in [5.41, 5.74) is -0.258. The van der Waals surface area contributed by atoms with Gasteiger partial charge >= 0.3 is 17.9 Å². The van der Waals surface area contributed by atoms with E-state index in [1.807, 2.05) is 0 Å². The molecular weight excluding hydrogens is 632 g/mol. The quantitative estimate of drug-likeness (QED) is 0.103. The van der Waals surface area contributed by atoms with E-state index in [-0.39, 0.29) is 17.1 Å². The van der Waals surface area contributed by atoms with Crippen LogP contribution in [0.3, 0.4) is 0 Å². The Bertz CT molecular complexity index is 1400. The molecule has 17 nitrogen and oxygen atoms in total. The molecule has 2 aliphatic heterocycles. The summed E-state index contributed by atoms with van der Waals surface area (Å²) in [6, 6.07) is 9.82. The Morgan fingerprint density at radius 3 is 1.94 bits per heavy atom. The molecule has 2 saturated heterocycles. The largest absolute Gasteiger partial charge is 0.507 e. The molecule has 47 heavy (non-hydrogen) atoms. The lowest BCUT2D eigenvalue weighted by molar-refractivity contribution is -0.285. The Balaban J connectivity index is 1.54. The molecule has 17 heteroatoms. The highest BCUT2D eigenvalue weighted by atomic mass is 16.7. The standard InChI is InChI=1S/C30H36O17/c1-13(33)42-26-23(37)20(11-32)47-30(27(26)43-14(2)34)45-18-9-5-7-16(35)21(18)28(40)41-12-15-6-3-4-8-17(15)44-29-25(39)24(38)22(36)19(10-31)46-29/h3-9,19-20,22-27,29-32,35-39H,10-12H2,1-2H3. The van der Waals surface area contributed by atoms with Crippen LogP contribution in [0.25, 0.3) is 0 Å². The number of benzene rings is 2. The first-order valence-corrected chi connectivity index (χ1v) is 14.4. The molecule has 7 N–H and O–H groups in total. The van der Waals surface area contributed by atoms with E-state index < -0.39 is 110 Å². The van der Waals surface area contributed by atoms with Crippen molar-refractivity contribution in [1.82, 2.24) is 0 Å². The van der Waals surface area contributed by atoms with Crippen LogP contribution in [0.4, 0.5) is 0 Å². The zero-order valence-corrected chi connectivity index (χ0v) is 25.1. The maximum absolute atomic E-state index is 13.3. The number of hydrogen-bond donors (Lipinski definition) is 7. The molecular formula is C30H36O17. The van der Waals surface area contributed by atoms with Crippen LogP contribution in [-0.4, -0.2) is 128 Å². The van der Waals surface area contributed by atoms with Gasteiger partial charge in [-0.05, 0) is 18.2 Å². The lowest BCUT2D eigenvalue weighted by Crippen LogP contribution is -2.62. The highest BCUT2D eigenvalue weighted by molar-refractivity contribution is 5.95. The fourth-order valence-corrected chi connectivity index (χ4v) is 4.97. The number of aromatic hydroxyl groups is 1. The molecule has 4 rings (SSSR count). The predicted molar refractivity (Wildman–Crippen MR) is 152 cm³/mol. The van der Waals surface area contributed by atoms with E-state index in [0.717, 1.165) is 19.9 Å². The van der Waals surface area contributed by atoms with Gasteiger partial charge < -0.3 is 68.9 Å². The molecule has 0 saturated carbocycles. The van der Waals surface area contributed by atoms with Crippen molar-refractivity contribution in [2.45, 2.75) is 81.9 Å². The van der Waals surface area contributed by atoms with Crippen molar-refractivity contribution in [1.29, 1.82) is 0 Å². The van der Waals surface area contributed by atoms with E-state index in [2.05, 4.69) is 0 Å². The molecule has 0 aromatic heterocycles. The minimum absolute atomic E-state index is 0.0448. The van der Waals surface area contributed by atoms with Crippen LogP contribution >= 0.6 is 0 Å². The second-order valence-electron chi connectivity index (χ2n) is 10.6. The summed E-state index contributed by atoms with van der Waals surface area (Å²) in [7, 11) is 0. The Labute approximate surface area is 267 Å². The second kappa shape index (κ2) is 15.7. The Morgan fingerprint density at radius 1 is 0.702 bits per heavy atom. The minimum Gasteiger partial charge on any atom is -0.507 e. The van der Waals surface area contributed by atoms with Crippen molar-refractivity contribution in [3.05, 3.63) is 53.6 Å². The number of rotatable bonds is 11. The third-order valence-electron chi connectivity index (χ3n) is 7.28. The van der Waals surface area contributed by atoms with Crippen molar-refractivity contribution < 1.29 is 83.3 Å². The SMILES string of the molecule is CC(=O)OC1C(Oc2cccc(O)c2C(=O)OCc2ccccc2OC2OC(CO)C(O)C(O)C2O)OC(CO)C(O)C1OC(C)=O. The van der Waals surface area contributed by atoms with Crippen LogP contribution in [0.5, 0.6) is 17.2 Å². The van der Waals surface area contributed by atoms with Crippen LogP contribution in [-0.2, 0) is 39.9 Å². The molecule has 2 aromatic carbocycles. The summed E-state index contributed by atoms with van der Waals surface area (Å²) in [5.74, 6) is -3.70. The lowest BCUT2D eigenvalue weighted by atomic mass is 9.98. The maximum Gasteiger partial charge on any atom is 0.346 e. The normalized spacial score (nSPS) is 30.6. The summed E-state index contributed by atoms with van der Waals surface area (Å²) < 4.78 is 38.3. The molecule has 2 aliphatic rings. The van der Waals surface area contributed by atoms with Gasteiger partial charge in [0.05, 0.1) is 13.2 Å². The van der Waals surface area contributed by atoms with Gasteiger partial charge in [0, 0.05) is 19.4 Å². The predicted octanol–water partition coefficient (Wildman–Crippen LogP) is -1.75. The highest BCUT2D eigenvalue weighted by Gasteiger charge is 2.51. The molecule has 0 radical (unpaired) electrons. The third-order valence-corrected chi connectivity index (χ3v) is 7.28. The number of phenols is 1. The number of hydrogen-bond acceptors (Lipinski definition) is 17. The summed E-state index contributed by atoms with van der Waals surface area (Å²) in [6.07, 6.45) is -15.5. The number of phenolic OH excluding ortho intramolecular Hbond substituents is 1. The number of aliphatic hydroxyl groups excluding tert-OH is 6. The van der Waals surface area contributed by atoms with Gasteiger partial charge in [0.1, 0.15) is 66.0 Å². The van der Waals surface area contributed by atoms with Gasteiger partial charge in [0.2, 0.25) is 18.7 Å². The number of carbonyl (C=O) groups excluding carboxylic acids is 3. The smallest absolute Gasteiger partial charge is 0.346 e. The van der Waals surface area contributed by atoms with Crippen molar-refractivity contribution in [2.24, 2.45) is 0 Å². The molecule has 0 bridgehead atoms. The van der Waals surface area contributed by atoms with Crippen molar-refractivity contribution in [2.75, 3.05) is 13.2 Å². The van der Waals surface area contributed by atoms with Gasteiger partial charge in [-0.25, -0.2) is 4.79 Å². The Hall–Kier alpha value is -4.07. The van der Waals surface area contributed by atoms with Crippen molar-refractivity contribution in [3.8, 4) is 17.2 Å². The molecule has 0 spiro atoms. The molecule has 2 fully saturated rings. The molecule has 0 amide bonds. The van der Waals surface area contributed by atoms with Gasteiger partial charge in [0.15, 0.2) is 6.10 Å². The maximum atomic E-state index is 13.3. The highest BCUT2D eigenvalue weighted by Crippen LogP contribution is 2.34. The number of para-hydroxylation sites is 1. The van der Waals surface area contributed by atoms with Crippen LogP contribution in [0.1, 0.15) is 29.8 Å². The first kappa shape index (κ1) is 35.8. The van der Waals surface area contributed by atoms with Gasteiger partial charge in [-0.1, -0.05) is 24.3 Å². The van der Waals surface area contributed by atoms with Crippen LogP contribution in [0.2, 0.25) is 0 Å². The van der Waals surface area contributed by atoms with E-state index in [1.54, 1.807) is 12.1 Å². The molecule has 258 valence electrons. The zero-order valence-electron chi connectivity index (χ0n) is 25.1. The lowest BCUT2D eigenvalue weighted by Gasteiger charge is -2.42. The third kappa shape index (κ3) is 8.27. The molecule has 0 aliphatic carbocycles. The first-order valence-electron chi connectivity index (χ1n) is 14.4. The van der Waals surface area contributed by atoms with Gasteiger partial charge in [-0.3, -0.25) is 9.59 Å². The average molecular weight is 669 g/mol. The van der Waals surface area contributed by atoms with Crippen LogP contribution in [0, 0.1) is 0 Å². The number of esters is 3. The number of ether oxygens (including phenoxy) is 7. The van der Waals surface area contributed by atoms with Crippen molar-refractivity contribution >= 4 is 17.9 Å². The van der Waals surface area contributed by atoms with E-state index in [4.69, 9.17) is 33.2 Å². The topological polar surface area (TPSA) is 257 Å². The van der Waals surface area contributed by atoms with E-state index in [0.29, 0.717) is 0 Å². The Morgan fingerprint density at radius 2 is 1.28 bits per heavy atom. The molecule has 10 atom stereocenters. The van der Waals surface area contributed by atoms with E-state index >= 15 is 0 Å². The van der Waals surface area contributed by atoms with E-state index in [1.165, 1.54) is 24.3 Å². The monoisotopic (exact) mass is 668 g/mol. The summed E-state index contributed by atoms with van der Waals surface area (Å²) in [6.45, 7) is 0.193. The Kier molecular flexibility index (Phi) is 11.9. The summed E-state index contributed by atoms with van der Waals surface area (Å²) in [5, 5.41) is 70.9. The van der Waals surface area contributed by atoms with Gasteiger partial charge in [-0.2, -0.15) is 0 Å². The van der Waals surface area contributed by atoms with Crippen LogP contribution in [0.15, 0.2) is 42.5 Å². The first-order chi connectivity index (χ1) is 22.4. The molecule has 2 heterocycles. The van der Waals surface area contributed by atoms with Gasteiger partial charge in [0.25, 0.3) is 0 Å². The average Bonchev–Trinajstić information content (AvgIpc) is 3.03. The molecule has 2 aromatic rings. The second-order valence-corrected chi connectivity index (χ2v) is 10.6. The zero-order chi connectivity index (χ0) is 34.4. The van der Waals surface area contributed by atoms with Crippen LogP contribution < -0.4 is 9.47 Å². The molecule has 10 unspecified atom stereocenters.